The van der Waals surface area contributed by atoms with E-state index in [4.69, 9.17) is 14.2 Å². The van der Waals surface area contributed by atoms with Gasteiger partial charge >= 0.3 is 0 Å². The molecule has 2 fully saturated rings. The van der Waals surface area contributed by atoms with E-state index in [0.717, 1.165) is 26.4 Å². The van der Waals surface area contributed by atoms with Crippen LogP contribution in [0, 0.1) is 0 Å². The van der Waals surface area contributed by atoms with E-state index in [1.165, 1.54) is 19.3 Å². The minimum atomic E-state index is 0.392. The van der Waals surface area contributed by atoms with Crippen molar-refractivity contribution in [3.63, 3.8) is 0 Å². The molecule has 0 aromatic carbocycles. The highest BCUT2D eigenvalue weighted by Crippen LogP contribution is 2.12. The van der Waals surface area contributed by atoms with E-state index in [2.05, 4.69) is 13.5 Å². The fraction of sp³-hybridized carbons (Fsp3) is 0.833. The normalized spacial score (nSPS) is 26.5. The van der Waals surface area contributed by atoms with Crippen LogP contribution in [-0.2, 0) is 14.2 Å². The van der Waals surface area contributed by atoms with Crippen molar-refractivity contribution in [1.29, 1.82) is 0 Å². The predicted molar refractivity (Wildman–Crippen MR) is 60.0 cm³/mol. The standard InChI is InChI=1S/C6H10O3.C6H12/c1(5-3-8-5)7-2-6-4-9-6;1-3-5-6-4-2/h5-6H,1-4H2;3H,1,4-6H2,2H3. The lowest BCUT2D eigenvalue weighted by molar-refractivity contribution is 0.102. The van der Waals surface area contributed by atoms with Crippen LogP contribution in [0.15, 0.2) is 12.7 Å². The Labute approximate surface area is 92.4 Å². The fourth-order valence-electron chi connectivity index (χ4n) is 1.01. The van der Waals surface area contributed by atoms with Crippen LogP contribution in [0.25, 0.3) is 0 Å². The first-order valence-corrected chi connectivity index (χ1v) is 5.78. The third-order valence-electron chi connectivity index (χ3n) is 2.17. The Balaban J connectivity index is 0.000000167. The summed E-state index contributed by atoms with van der Waals surface area (Å²) in [6, 6.07) is 0. The minimum Gasteiger partial charge on any atom is -0.376 e. The van der Waals surface area contributed by atoms with Gasteiger partial charge in [0, 0.05) is 0 Å². The van der Waals surface area contributed by atoms with Crippen molar-refractivity contribution in [2.45, 2.75) is 38.4 Å². The van der Waals surface area contributed by atoms with Crippen LogP contribution in [0.4, 0.5) is 0 Å². The summed E-state index contributed by atoms with van der Waals surface area (Å²) in [6.45, 7) is 9.04. The van der Waals surface area contributed by atoms with Gasteiger partial charge in [0.15, 0.2) is 0 Å². The molecular formula is C12H22O3. The molecule has 2 rings (SSSR count). The molecule has 0 spiro atoms. The van der Waals surface area contributed by atoms with Gasteiger partial charge in [0.1, 0.15) is 12.2 Å². The molecule has 2 unspecified atom stereocenters. The smallest absolute Gasteiger partial charge is 0.104 e. The highest BCUT2D eigenvalue weighted by molar-refractivity contribution is 4.71. The van der Waals surface area contributed by atoms with Gasteiger partial charge < -0.3 is 14.2 Å². The van der Waals surface area contributed by atoms with Crippen LogP contribution in [0.3, 0.4) is 0 Å². The monoisotopic (exact) mass is 214 g/mol. The maximum atomic E-state index is 5.23. The lowest BCUT2D eigenvalue weighted by atomic mass is 10.3. The van der Waals surface area contributed by atoms with Gasteiger partial charge in [0.05, 0.1) is 26.4 Å². The Kier molecular flexibility index (Phi) is 6.64. The zero-order valence-corrected chi connectivity index (χ0v) is 9.61. The van der Waals surface area contributed by atoms with Crippen molar-refractivity contribution in [3.05, 3.63) is 12.7 Å². The number of hydrogen-bond donors (Lipinski definition) is 0. The Morgan fingerprint density at radius 1 is 1.27 bits per heavy atom. The zero-order valence-electron chi connectivity index (χ0n) is 9.61. The number of rotatable bonds is 7. The summed E-state index contributed by atoms with van der Waals surface area (Å²) in [5, 5.41) is 0. The molecular weight excluding hydrogens is 192 g/mol. The molecule has 2 aliphatic rings. The quantitative estimate of drug-likeness (QED) is 0.370. The van der Waals surface area contributed by atoms with E-state index in [1.54, 1.807) is 0 Å². The third-order valence-corrected chi connectivity index (χ3v) is 2.17. The molecule has 0 radical (unpaired) electrons. The molecule has 2 saturated heterocycles. The average Bonchev–Trinajstić information content (AvgIpc) is 3.08. The van der Waals surface area contributed by atoms with Gasteiger partial charge in [-0.3, -0.25) is 0 Å². The molecule has 0 aromatic rings. The van der Waals surface area contributed by atoms with Gasteiger partial charge in [-0.1, -0.05) is 25.8 Å². The molecule has 15 heavy (non-hydrogen) atoms. The summed E-state index contributed by atoms with van der Waals surface area (Å²) in [5.74, 6) is 0. The molecule has 0 bridgehead atoms. The van der Waals surface area contributed by atoms with E-state index < -0.39 is 0 Å². The number of epoxide rings is 2. The molecule has 3 heteroatoms. The molecule has 0 N–H and O–H groups in total. The van der Waals surface area contributed by atoms with Crippen molar-refractivity contribution in [2.24, 2.45) is 0 Å². The van der Waals surface area contributed by atoms with Crippen LogP contribution in [-0.4, -0.2) is 38.6 Å². The molecule has 0 aromatic heterocycles. The van der Waals surface area contributed by atoms with Crippen LogP contribution < -0.4 is 0 Å². The molecule has 2 aliphatic heterocycles. The van der Waals surface area contributed by atoms with Gasteiger partial charge in [-0.15, -0.1) is 6.58 Å². The summed E-state index contributed by atoms with van der Waals surface area (Å²) in [6.07, 6.45) is 6.50. The number of unbranched alkanes of at least 4 members (excludes halogenated alkanes) is 2. The number of hydrogen-bond acceptors (Lipinski definition) is 3. The molecule has 2 atom stereocenters. The minimum absolute atomic E-state index is 0.392. The van der Waals surface area contributed by atoms with Crippen molar-refractivity contribution in [3.8, 4) is 0 Å². The van der Waals surface area contributed by atoms with E-state index >= 15 is 0 Å². The molecule has 2 heterocycles. The molecule has 0 amide bonds. The van der Waals surface area contributed by atoms with Crippen LogP contribution >= 0.6 is 0 Å². The second-order valence-corrected chi connectivity index (χ2v) is 3.88. The second-order valence-electron chi connectivity index (χ2n) is 3.88. The van der Waals surface area contributed by atoms with Gasteiger partial charge in [-0.25, -0.2) is 0 Å². The Morgan fingerprint density at radius 2 is 1.80 bits per heavy atom. The van der Waals surface area contributed by atoms with E-state index in [0.29, 0.717) is 12.2 Å². The maximum absolute atomic E-state index is 5.23. The first-order valence-electron chi connectivity index (χ1n) is 5.78. The molecule has 0 aliphatic carbocycles. The lowest BCUT2D eigenvalue weighted by Crippen LogP contribution is -2.06. The summed E-state index contributed by atoms with van der Waals surface area (Å²) < 4.78 is 15.1. The third kappa shape index (κ3) is 8.60. The van der Waals surface area contributed by atoms with Crippen LogP contribution in [0.1, 0.15) is 26.2 Å². The van der Waals surface area contributed by atoms with Crippen molar-refractivity contribution in [2.75, 3.05) is 26.4 Å². The first kappa shape index (κ1) is 12.7. The van der Waals surface area contributed by atoms with E-state index in [-0.39, 0.29) is 0 Å². The molecule has 0 saturated carbocycles. The number of allylic oxidation sites excluding steroid dienone is 1. The van der Waals surface area contributed by atoms with Crippen LogP contribution in [0.5, 0.6) is 0 Å². The van der Waals surface area contributed by atoms with Gasteiger partial charge in [-0.05, 0) is 6.42 Å². The Morgan fingerprint density at radius 3 is 2.07 bits per heavy atom. The summed E-state index contributed by atoms with van der Waals surface area (Å²) >= 11 is 0. The highest BCUT2D eigenvalue weighted by Gasteiger charge is 2.26. The van der Waals surface area contributed by atoms with Gasteiger partial charge in [0.2, 0.25) is 0 Å². The van der Waals surface area contributed by atoms with Crippen molar-refractivity contribution >= 4 is 0 Å². The Bertz CT molecular complexity index is 150. The second kappa shape index (κ2) is 7.85. The van der Waals surface area contributed by atoms with Crippen molar-refractivity contribution in [1.82, 2.24) is 0 Å². The zero-order chi connectivity index (χ0) is 10.9. The highest BCUT2D eigenvalue weighted by atomic mass is 16.6. The largest absolute Gasteiger partial charge is 0.376 e. The Hall–Kier alpha value is -0.380. The summed E-state index contributed by atoms with van der Waals surface area (Å²) in [4.78, 5) is 0. The maximum Gasteiger partial charge on any atom is 0.104 e. The average molecular weight is 214 g/mol. The van der Waals surface area contributed by atoms with E-state index in [1.807, 2.05) is 6.08 Å². The SMILES string of the molecule is C(OCC1CO1)C1CO1.C=CCCCC. The first-order chi connectivity index (χ1) is 7.36. The summed E-state index contributed by atoms with van der Waals surface area (Å²) in [5.41, 5.74) is 0. The summed E-state index contributed by atoms with van der Waals surface area (Å²) in [7, 11) is 0. The van der Waals surface area contributed by atoms with Gasteiger partial charge in [0.25, 0.3) is 0 Å². The van der Waals surface area contributed by atoms with Gasteiger partial charge in [-0.2, -0.15) is 0 Å². The lowest BCUT2D eigenvalue weighted by Gasteiger charge is -1.95. The molecule has 3 nitrogen and oxygen atoms in total. The van der Waals surface area contributed by atoms with Crippen LogP contribution in [0.2, 0.25) is 0 Å². The topological polar surface area (TPSA) is 34.3 Å². The fourth-order valence-corrected chi connectivity index (χ4v) is 1.01. The molecule has 88 valence electrons. The van der Waals surface area contributed by atoms with Crippen molar-refractivity contribution < 1.29 is 14.2 Å². The number of ether oxygens (including phenoxy) is 3. The predicted octanol–water partition coefficient (Wildman–Crippen LogP) is 2.16. The van der Waals surface area contributed by atoms with E-state index in [9.17, 15) is 0 Å².